The van der Waals surface area contributed by atoms with E-state index in [4.69, 9.17) is 4.74 Å². The molecule has 4 aromatic heterocycles. The summed E-state index contributed by atoms with van der Waals surface area (Å²) in [6.45, 7) is 14.0. The third-order valence-electron chi connectivity index (χ3n) is 14.3. The van der Waals surface area contributed by atoms with Gasteiger partial charge in [-0.3, -0.25) is 0 Å². The first-order valence-corrected chi connectivity index (χ1v) is 21.7. The topological polar surface area (TPSA) is 23.5 Å². The molecular formula is C56H42BN3O. The van der Waals surface area contributed by atoms with Crippen LogP contribution in [0, 0.1) is 0 Å². The summed E-state index contributed by atoms with van der Waals surface area (Å²) in [5.41, 5.74) is 17.5. The predicted molar refractivity (Wildman–Crippen MR) is 258 cm³/mol. The largest absolute Gasteiger partial charge is 0.458 e. The van der Waals surface area contributed by atoms with Crippen molar-refractivity contribution in [3.05, 3.63) is 157 Å². The zero-order valence-corrected chi connectivity index (χ0v) is 35.2. The van der Waals surface area contributed by atoms with Crippen LogP contribution in [0.25, 0.3) is 93.1 Å². The van der Waals surface area contributed by atoms with Crippen LogP contribution >= 0.6 is 0 Å². The Morgan fingerprint density at radius 1 is 0.410 bits per heavy atom. The van der Waals surface area contributed by atoms with Crippen LogP contribution in [0.4, 0.5) is 0 Å². The van der Waals surface area contributed by atoms with Gasteiger partial charge in [-0.25, -0.2) is 0 Å². The minimum Gasteiger partial charge on any atom is -0.458 e. The van der Waals surface area contributed by atoms with Gasteiger partial charge in [-0.1, -0.05) is 120 Å². The minimum absolute atomic E-state index is 0.00752. The molecule has 0 N–H and O–H groups in total. The standard InChI is InChI=1S/C56H42BN3O/c1-55(2,3)31-22-23-46-37(24-31)40-25-32(56(4,5)6)26-41-39-29-38-36-16-13-18-43-54(36)60(47(38)30-48(39)59(46)53(40)41)49-27-33(28-51-52(49)57(43)42-17-9-12-21-50(42)61-51)58-44-19-10-7-14-34(44)35-15-8-11-20-45(35)58/h7-30H,1-6H3. The Labute approximate surface area is 353 Å². The molecule has 0 saturated heterocycles. The fraction of sp³-hybridized carbons (Fsp3) is 0.143. The molecule has 5 heteroatoms. The molecule has 2 aliphatic rings. The van der Waals surface area contributed by atoms with E-state index in [0.29, 0.717) is 0 Å². The zero-order chi connectivity index (χ0) is 40.8. The molecule has 61 heavy (non-hydrogen) atoms. The quantitative estimate of drug-likeness (QED) is 0.152. The summed E-state index contributed by atoms with van der Waals surface area (Å²) in [6, 6.07) is 55.0. The minimum atomic E-state index is -0.00752. The summed E-state index contributed by atoms with van der Waals surface area (Å²) >= 11 is 0. The van der Waals surface area contributed by atoms with Gasteiger partial charge >= 0.3 is 0 Å². The lowest BCUT2D eigenvalue weighted by atomic mass is 9.34. The van der Waals surface area contributed by atoms with Crippen molar-refractivity contribution in [1.29, 1.82) is 0 Å². The first-order chi connectivity index (χ1) is 29.5. The zero-order valence-electron chi connectivity index (χ0n) is 35.2. The lowest BCUT2D eigenvalue weighted by Gasteiger charge is -2.33. The smallest absolute Gasteiger partial charge is 0.256 e. The molecule has 4 nitrogen and oxygen atoms in total. The maximum Gasteiger partial charge on any atom is 0.256 e. The Balaban J connectivity index is 1.15. The third-order valence-corrected chi connectivity index (χ3v) is 14.3. The van der Waals surface area contributed by atoms with E-state index in [2.05, 4.69) is 201 Å². The predicted octanol–water partition coefficient (Wildman–Crippen LogP) is 12.6. The summed E-state index contributed by atoms with van der Waals surface area (Å²) in [5.74, 6) is 1.84. The van der Waals surface area contributed by atoms with Crippen molar-refractivity contribution in [2.24, 2.45) is 0 Å². The molecule has 8 aromatic carbocycles. The molecule has 0 radical (unpaired) electrons. The van der Waals surface area contributed by atoms with Crippen LogP contribution < -0.4 is 21.1 Å². The van der Waals surface area contributed by atoms with E-state index in [9.17, 15) is 0 Å². The molecule has 0 fully saturated rings. The van der Waals surface area contributed by atoms with Crippen LogP contribution in [0.15, 0.2) is 146 Å². The maximum atomic E-state index is 7.02. The summed E-state index contributed by atoms with van der Waals surface area (Å²) in [6.07, 6.45) is 0. The van der Waals surface area contributed by atoms with Gasteiger partial charge in [-0.15, -0.1) is 0 Å². The van der Waals surface area contributed by atoms with E-state index in [0.717, 1.165) is 17.2 Å². The second-order valence-corrected chi connectivity index (χ2v) is 19.8. The van der Waals surface area contributed by atoms with Crippen LogP contribution in [0.2, 0.25) is 0 Å². The molecule has 0 aliphatic carbocycles. The van der Waals surface area contributed by atoms with Crippen molar-refractivity contribution in [3.8, 4) is 22.9 Å². The SMILES string of the molecule is CC(C)(C)c1ccc2c(c1)c1cc(C(C)(C)C)cc3c4cc5c6cccc7c6n(c5cc4n2c13)-c1cc(-n2c3ccccc3c3ccccc32)cc2c1B7c1ccccc1O2. The Kier molecular flexibility index (Phi) is 6.12. The molecule has 6 heterocycles. The number of fused-ring (bicyclic) bond motifs is 16. The Hall–Kier alpha value is -6.98. The van der Waals surface area contributed by atoms with Crippen molar-refractivity contribution in [2.75, 3.05) is 0 Å². The summed E-state index contributed by atoms with van der Waals surface area (Å²) < 4.78 is 14.6. The fourth-order valence-electron chi connectivity index (χ4n) is 11.4. The number of hydrogen-bond donors (Lipinski definition) is 0. The Bertz CT molecular complexity index is 3880. The molecule has 0 saturated carbocycles. The second kappa shape index (κ2) is 11.0. The van der Waals surface area contributed by atoms with Gasteiger partial charge in [-0.2, -0.15) is 0 Å². The molecule has 0 amide bonds. The lowest BCUT2D eigenvalue weighted by Crippen LogP contribution is -2.58. The number of nitrogens with zero attached hydrogens (tertiary/aromatic N) is 3. The third kappa shape index (κ3) is 4.21. The van der Waals surface area contributed by atoms with E-state index >= 15 is 0 Å². The fourth-order valence-corrected chi connectivity index (χ4v) is 11.4. The van der Waals surface area contributed by atoms with Gasteiger partial charge in [0, 0.05) is 60.4 Å². The molecule has 0 spiro atoms. The molecule has 0 bridgehead atoms. The van der Waals surface area contributed by atoms with Crippen LogP contribution in [0.3, 0.4) is 0 Å². The molecule has 290 valence electrons. The molecular weight excluding hydrogens is 741 g/mol. The van der Waals surface area contributed by atoms with Gasteiger partial charge in [-0.05, 0) is 99.0 Å². The Morgan fingerprint density at radius 3 is 1.77 bits per heavy atom. The molecule has 0 atom stereocenters. The highest BCUT2D eigenvalue weighted by atomic mass is 16.5. The highest BCUT2D eigenvalue weighted by molar-refractivity contribution is 6.99. The van der Waals surface area contributed by atoms with Crippen LogP contribution in [0.1, 0.15) is 52.7 Å². The summed E-state index contributed by atoms with van der Waals surface area (Å²) in [5, 5.41) is 10.4. The van der Waals surface area contributed by atoms with Crippen molar-refractivity contribution in [1.82, 2.24) is 13.5 Å². The van der Waals surface area contributed by atoms with E-state index < -0.39 is 0 Å². The van der Waals surface area contributed by atoms with E-state index in [1.807, 2.05) is 0 Å². The van der Waals surface area contributed by atoms with E-state index in [-0.39, 0.29) is 17.5 Å². The van der Waals surface area contributed by atoms with Crippen molar-refractivity contribution < 1.29 is 4.74 Å². The van der Waals surface area contributed by atoms with Gasteiger partial charge in [0.15, 0.2) is 0 Å². The molecule has 2 aliphatic heterocycles. The number of benzene rings is 8. The van der Waals surface area contributed by atoms with Crippen molar-refractivity contribution in [3.63, 3.8) is 0 Å². The van der Waals surface area contributed by atoms with Gasteiger partial charge in [0.05, 0.1) is 38.8 Å². The van der Waals surface area contributed by atoms with Gasteiger partial charge < -0.3 is 18.3 Å². The first kappa shape index (κ1) is 33.8. The number of ether oxygens (including phenoxy) is 1. The Morgan fingerprint density at radius 2 is 1.03 bits per heavy atom. The van der Waals surface area contributed by atoms with Crippen molar-refractivity contribution >= 4 is 105 Å². The average molecular weight is 784 g/mol. The highest BCUT2D eigenvalue weighted by Crippen LogP contribution is 2.46. The monoisotopic (exact) mass is 783 g/mol. The van der Waals surface area contributed by atoms with Crippen LogP contribution in [0.5, 0.6) is 11.5 Å². The molecule has 0 unspecified atom stereocenters. The number of rotatable bonds is 1. The average Bonchev–Trinajstić information content (AvgIpc) is 3.97. The van der Waals surface area contributed by atoms with Crippen LogP contribution in [-0.2, 0) is 10.8 Å². The van der Waals surface area contributed by atoms with E-state index in [1.54, 1.807) is 0 Å². The lowest BCUT2D eigenvalue weighted by molar-refractivity contribution is 0.487. The second-order valence-electron chi connectivity index (χ2n) is 19.8. The van der Waals surface area contributed by atoms with E-state index in [1.165, 1.54) is 115 Å². The maximum absolute atomic E-state index is 7.02. The van der Waals surface area contributed by atoms with Gasteiger partial charge in [0.2, 0.25) is 0 Å². The molecule has 14 rings (SSSR count). The first-order valence-electron chi connectivity index (χ1n) is 21.7. The number of hydrogen-bond acceptors (Lipinski definition) is 1. The van der Waals surface area contributed by atoms with Gasteiger partial charge in [0.1, 0.15) is 11.5 Å². The summed E-state index contributed by atoms with van der Waals surface area (Å²) in [4.78, 5) is 0. The van der Waals surface area contributed by atoms with Gasteiger partial charge in [0.25, 0.3) is 6.71 Å². The number of aromatic nitrogens is 3. The highest BCUT2D eigenvalue weighted by Gasteiger charge is 2.41. The molecule has 12 aromatic rings. The summed E-state index contributed by atoms with van der Waals surface area (Å²) in [7, 11) is 0. The normalized spacial score (nSPS) is 13.8. The number of para-hydroxylation sites is 4. The van der Waals surface area contributed by atoms with Crippen molar-refractivity contribution in [2.45, 2.75) is 52.4 Å². The van der Waals surface area contributed by atoms with Crippen LogP contribution in [-0.4, -0.2) is 20.2 Å².